The zero-order chi connectivity index (χ0) is 7.56. The molecule has 0 bridgehead atoms. The number of hydrogen-bond donors (Lipinski definition) is 0. The van der Waals surface area contributed by atoms with Crippen molar-refractivity contribution in [2.24, 2.45) is 0 Å². The SMILES string of the molecule is C=C(C(C)Br)n1cccc1. The number of alkyl halides is 1. The molecule has 0 amide bonds. The maximum Gasteiger partial charge on any atom is 0.0517 e. The van der Waals surface area contributed by atoms with Crippen LogP contribution < -0.4 is 0 Å². The van der Waals surface area contributed by atoms with E-state index in [0.717, 1.165) is 5.70 Å². The highest BCUT2D eigenvalue weighted by molar-refractivity contribution is 9.09. The molecule has 0 aliphatic carbocycles. The van der Waals surface area contributed by atoms with Gasteiger partial charge in [-0.2, -0.15) is 0 Å². The van der Waals surface area contributed by atoms with Gasteiger partial charge in [-0.05, 0) is 19.1 Å². The summed E-state index contributed by atoms with van der Waals surface area (Å²) in [6.07, 6.45) is 3.97. The minimum absolute atomic E-state index is 0.333. The van der Waals surface area contributed by atoms with Crippen molar-refractivity contribution in [3.05, 3.63) is 31.1 Å². The predicted molar refractivity (Wildman–Crippen MR) is 48.2 cm³/mol. The van der Waals surface area contributed by atoms with Crippen LogP contribution in [0.5, 0.6) is 0 Å². The largest absolute Gasteiger partial charge is 0.327 e. The van der Waals surface area contributed by atoms with Gasteiger partial charge in [-0.1, -0.05) is 22.5 Å². The summed E-state index contributed by atoms with van der Waals surface area (Å²) in [4.78, 5) is 0.333. The van der Waals surface area contributed by atoms with E-state index in [1.54, 1.807) is 0 Å². The molecule has 0 fully saturated rings. The lowest BCUT2D eigenvalue weighted by molar-refractivity contribution is 1.04. The van der Waals surface area contributed by atoms with Crippen molar-refractivity contribution in [1.82, 2.24) is 4.57 Å². The van der Waals surface area contributed by atoms with Gasteiger partial charge >= 0.3 is 0 Å². The van der Waals surface area contributed by atoms with Crippen LogP contribution in [0.25, 0.3) is 5.70 Å². The Balaban J connectivity index is 2.78. The molecule has 1 aromatic rings. The van der Waals surface area contributed by atoms with Crippen LogP contribution in [-0.2, 0) is 0 Å². The molecule has 54 valence electrons. The van der Waals surface area contributed by atoms with E-state index in [9.17, 15) is 0 Å². The molecule has 1 aromatic heterocycles. The average Bonchev–Trinajstić information content (AvgIpc) is 2.36. The first-order valence-corrected chi connectivity index (χ1v) is 4.09. The Hall–Kier alpha value is -0.500. The third-order valence-electron chi connectivity index (χ3n) is 1.40. The normalized spacial score (nSPS) is 13.0. The summed E-state index contributed by atoms with van der Waals surface area (Å²) in [7, 11) is 0. The first-order chi connectivity index (χ1) is 4.72. The lowest BCUT2D eigenvalue weighted by atomic mass is 10.4. The molecule has 1 rings (SSSR count). The van der Waals surface area contributed by atoms with E-state index in [-0.39, 0.29) is 0 Å². The first kappa shape index (κ1) is 7.61. The fourth-order valence-electron chi connectivity index (χ4n) is 0.731. The van der Waals surface area contributed by atoms with Gasteiger partial charge < -0.3 is 4.57 Å². The lowest BCUT2D eigenvalue weighted by Crippen LogP contribution is -2.00. The highest BCUT2D eigenvalue weighted by Gasteiger charge is 2.01. The topological polar surface area (TPSA) is 4.93 Å². The van der Waals surface area contributed by atoms with Crippen molar-refractivity contribution < 1.29 is 0 Å². The van der Waals surface area contributed by atoms with E-state index in [2.05, 4.69) is 29.4 Å². The molecule has 0 N–H and O–H groups in total. The van der Waals surface area contributed by atoms with Gasteiger partial charge in [0.2, 0.25) is 0 Å². The van der Waals surface area contributed by atoms with Gasteiger partial charge in [0.1, 0.15) is 0 Å². The van der Waals surface area contributed by atoms with Crippen LogP contribution in [0.4, 0.5) is 0 Å². The van der Waals surface area contributed by atoms with Crippen LogP contribution in [-0.4, -0.2) is 9.39 Å². The van der Waals surface area contributed by atoms with Crippen molar-refractivity contribution in [2.45, 2.75) is 11.8 Å². The summed E-state index contributed by atoms with van der Waals surface area (Å²) in [5.74, 6) is 0. The third kappa shape index (κ3) is 1.51. The minimum Gasteiger partial charge on any atom is -0.327 e. The van der Waals surface area contributed by atoms with Gasteiger partial charge in [0.05, 0.1) is 4.83 Å². The number of rotatable bonds is 2. The molecule has 2 heteroatoms. The van der Waals surface area contributed by atoms with Gasteiger partial charge in [0.25, 0.3) is 0 Å². The summed E-state index contributed by atoms with van der Waals surface area (Å²) in [6.45, 7) is 5.97. The highest BCUT2D eigenvalue weighted by atomic mass is 79.9. The maximum atomic E-state index is 3.91. The quantitative estimate of drug-likeness (QED) is 0.647. The van der Waals surface area contributed by atoms with Crippen molar-refractivity contribution in [3.8, 4) is 0 Å². The molecular formula is C8H10BrN. The van der Waals surface area contributed by atoms with Gasteiger partial charge in [-0.3, -0.25) is 0 Å². The summed E-state index contributed by atoms with van der Waals surface area (Å²) < 4.78 is 2.00. The maximum absolute atomic E-state index is 3.91. The molecule has 1 atom stereocenters. The summed E-state index contributed by atoms with van der Waals surface area (Å²) in [5.41, 5.74) is 1.06. The first-order valence-electron chi connectivity index (χ1n) is 3.18. The van der Waals surface area contributed by atoms with Gasteiger partial charge in [-0.25, -0.2) is 0 Å². The van der Waals surface area contributed by atoms with E-state index >= 15 is 0 Å². The average molecular weight is 200 g/mol. The Morgan fingerprint density at radius 1 is 1.50 bits per heavy atom. The zero-order valence-corrected chi connectivity index (χ0v) is 7.51. The van der Waals surface area contributed by atoms with Crippen molar-refractivity contribution >= 4 is 21.6 Å². The van der Waals surface area contributed by atoms with Crippen LogP contribution in [0.15, 0.2) is 31.1 Å². The van der Waals surface area contributed by atoms with Gasteiger partial charge in [0.15, 0.2) is 0 Å². The number of aromatic nitrogens is 1. The Kier molecular flexibility index (Phi) is 2.33. The predicted octanol–water partition coefficient (Wildman–Crippen LogP) is 2.74. The molecular weight excluding hydrogens is 190 g/mol. The summed E-state index contributed by atoms with van der Waals surface area (Å²) in [6, 6.07) is 3.97. The molecule has 0 spiro atoms. The van der Waals surface area contributed by atoms with Crippen LogP contribution >= 0.6 is 15.9 Å². The number of nitrogens with zero attached hydrogens (tertiary/aromatic N) is 1. The molecule has 0 radical (unpaired) electrons. The fraction of sp³-hybridized carbons (Fsp3) is 0.250. The third-order valence-corrected chi connectivity index (χ3v) is 1.92. The van der Waals surface area contributed by atoms with Crippen molar-refractivity contribution in [3.63, 3.8) is 0 Å². The number of halogens is 1. The lowest BCUT2D eigenvalue weighted by Gasteiger charge is -2.08. The zero-order valence-electron chi connectivity index (χ0n) is 5.92. The molecule has 0 saturated heterocycles. The molecule has 0 saturated carbocycles. The monoisotopic (exact) mass is 199 g/mol. The molecule has 10 heavy (non-hydrogen) atoms. The van der Waals surface area contributed by atoms with Gasteiger partial charge in [0, 0.05) is 18.1 Å². The Bertz CT molecular complexity index is 211. The molecule has 0 aromatic carbocycles. The summed E-state index contributed by atoms with van der Waals surface area (Å²) >= 11 is 3.44. The fourth-order valence-corrected chi connectivity index (χ4v) is 0.968. The molecule has 1 unspecified atom stereocenters. The molecule has 1 nitrogen and oxygen atoms in total. The van der Waals surface area contributed by atoms with Crippen molar-refractivity contribution in [1.29, 1.82) is 0 Å². The molecule has 1 heterocycles. The second-order valence-electron chi connectivity index (χ2n) is 2.20. The van der Waals surface area contributed by atoms with E-state index in [1.165, 1.54) is 0 Å². The Labute approximate surface area is 69.5 Å². The van der Waals surface area contributed by atoms with E-state index < -0.39 is 0 Å². The van der Waals surface area contributed by atoms with E-state index in [1.807, 2.05) is 29.1 Å². The standard InChI is InChI=1S/C8H10BrN/c1-7(9)8(2)10-5-3-4-6-10/h3-7H,2H2,1H3. The Morgan fingerprint density at radius 2 is 2.00 bits per heavy atom. The Morgan fingerprint density at radius 3 is 2.40 bits per heavy atom. The molecule has 0 aliphatic heterocycles. The summed E-state index contributed by atoms with van der Waals surface area (Å²) in [5, 5.41) is 0. The van der Waals surface area contributed by atoms with Crippen molar-refractivity contribution in [2.75, 3.05) is 0 Å². The second kappa shape index (κ2) is 3.06. The van der Waals surface area contributed by atoms with Crippen LogP contribution in [0.3, 0.4) is 0 Å². The minimum atomic E-state index is 0.333. The number of allylic oxidation sites excluding steroid dienone is 1. The molecule has 0 aliphatic rings. The van der Waals surface area contributed by atoms with E-state index in [4.69, 9.17) is 0 Å². The highest BCUT2D eigenvalue weighted by Crippen LogP contribution is 2.14. The van der Waals surface area contributed by atoms with E-state index in [0.29, 0.717) is 4.83 Å². The van der Waals surface area contributed by atoms with Gasteiger partial charge in [-0.15, -0.1) is 0 Å². The smallest absolute Gasteiger partial charge is 0.0517 e. The second-order valence-corrected chi connectivity index (χ2v) is 3.57. The van der Waals surface area contributed by atoms with Crippen LogP contribution in [0.2, 0.25) is 0 Å². The van der Waals surface area contributed by atoms with Crippen LogP contribution in [0.1, 0.15) is 6.92 Å². The van der Waals surface area contributed by atoms with Crippen LogP contribution in [0, 0.1) is 0 Å². The number of hydrogen-bond acceptors (Lipinski definition) is 0.